The van der Waals surface area contributed by atoms with Crippen LogP contribution >= 0.6 is 11.6 Å². The fourth-order valence-corrected chi connectivity index (χ4v) is 5.80. The highest BCUT2D eigenvalue weighted by atomic mass is 35.5. The topological polar surface area (TPSA) is 105 Å². The summed E-state index contributed by atoms with van der Waals surface area (Å²) in [6.07, 6.45) is 3.82. The van der Waals surface area contributed by atoms with Crippen molar-refractivity contribution in [3.05, 3.63) is 95.3 Å². The lowest BCUT2D eigenvalue weighted by molar-refractivity contribution is -0.149. The number of rotatable bonds is 7. The van der Waals surface area contributed by atoms with Crippen molar-refractivity contribution in [1.29, 1.82) is 0 Å². The van der Waals surface area contributed by atoms with Crippen LogP contribution in [0.1, 0.15) is 36.3 Å². The Morgan fingerprint density at radius 1 is 1.00 bits per heavy atom. The van der Waals surface area contributed by atoms with Gasteiger partial charge in [0.15, 0.2) is 0 Å². The number of amides is 2. The Hall–Kier alpha value is -4.08. The predicted molar refractivity (Wildman–Crippen MR) is 152 cm³/mol. The third-order valence-electron chi connectivity index (χ3n) is 7.89. The summed E-state index contributed by atoms with van der Waals surface area (Å²) in [5.74, 6) is 0.112. The molecule has 3 atom stereocenters. The summed E-state index contributed by atoms with van der Waals surface area (Å²) in [5.41, 5.74) is 5.13. The standard InChI is InChI=1S/C30H30ClN7O2/c31-25-10-11-27(38-19-34-35-36-38)24(16-25)18-33-29(39)28-13-15-37(28)30(40)26-17-23(12-14-32-26)22-8-6-21(7-9-22)20-4-2-1-3-5-20/h1-11,16,19,23,26,28,32H,12-15,17-18H2,(H,33,39)/t23-,26+,28-/m0/s1. The van der Waals surface area contributed by atoms with Crippen LogP contribution in [-0.2, 0) is 16.1 Å². The zero-order chi connectivity index (χ0) is 27.5. The fraction of sp³-hybridized carbons (Fsp3) is 0.300. The van der Waals surface area contributed by atoms with E-state index in [1.165, 1.54) is 27.7 Å². The van der Waals surface area contributed by atoms with E-state index < -0.39 is 6.04 Å². The smallest absolute Gasteiger partial charge is 0.243 e. The molecule has 204 valence electrons. The SMILES string of the molecule is O=C(NCc1cc(Cl)ccc1-n1cnnn1)[C@@H]1CCN1C(=O)[C@H]1C[C@@H](c2ccc(-c3ccccc3)cc2)CCN1. The lowest BCUT2D eigenvalue weighted by Gasteiger charge is -2.43. The van der Waals surface area contributed by atoms with Crippen LogP contribution in [0.5, 0.6) is 0 Å². The Kier molecular flexibility index (Phi) is 7.57. The van der Waals surface area contributed by atoms with Crippen molar-refractivity contribution in [2.45, 2.75) is 43.8 Å². The molecule has 3 aromatic carbocycles. The summed E-state index contributed by atoms with van der Waals surface area (Å²) in [5, 5.41) is 18.2. The van der Waals surface area contributed by atoms with Gasteiger partial charge in [-0.1, -0.05) is 66.2 Å². The molecule has 0 bridgehead atoms. The second-order valence-electron chi connectivity index (χ2n) is 10.3. The molecule has 0 spiro atoms. The van der Waals surface area contributed by atoms with Crippen LogP contribution in [0.25, 0.3) is 16.8 Å². The number of aromatic nitrogens is 4. The first kappa shape index (κ1) is 26.2. The van der Waals surface area contributed by atoms with Crippen LogP contribution in [0, 0.1) is 0 Å². The first-order valence-corrected chi connectivity index (χ1v) is 13.9. The second-order valence-corrected chi connectivity index (χ2v) is 10.7. The molecule has 0 radical (unpaired) electrons. The first-order valence-electron chi connectivity index (χ1n) is 13.6. The minimum absolute atomic E-state index is 0.00543. The van der Waals surface area contributed by atoms with Gasteiger partial charge in [0.05, 0.1) is 11.7 Å². The zero-order valence-corrected chi connectivity index (χ0v) is 22.7. The molecule has 2 saturated heterocycles. The molecular weight excluding hydrogens is 526 g/mol. The monoisotopic (exact) mass is 555 g/mol. The molecule has 2 amide bonds. The maximum atomic E-state index is 13.5. The minimum Gasteiger partial charge on any atom is -0.350 e. The number of nitrogens with one attached hydrogen (secondary N) is 2. The zero-order valence-electron chi connectivity index (χ0n) is 21.9. The van der Waals surface area contributed by atoms with Crippen molar-refractivity contribution in [2.24, 2.45) is 0 Å². The van der Waals surface area contributed by atoms with E-state index in [1.807, 2.05) is 18.2 Å². The number of halogens is 1. The highest BCUT2D eigenvalue weighted by Gasteiger charge is 2.41. The van der Waals surface area contributed by atoms with Gasteiger partial charge in [0.2, 0.25) is 11.8 Å². The average Bonchev–Trinajstić information content (AvgIpc) is 3.51. The molecule has 3 heterocycles. The Bertz CT molecular complexity index is 1480. The molecule has 1 aromatic heterocycles. The molecular formula is C30H30ClN7O2. The number of tetrazole rings is 1. The Morgan fingerprint density at radius 3 is 2.52 bits per heavy atom. The molecule has 40 heavy (non-hydrogen) atoms. The highest BCUT2D eigenvalue weighted by Crippen LogP contribution is 2.31. The van der Waals surface area contributed by atoms with E-state index in [0.29, 0.717) is 30.3 Å². The van der Waals surface area contributed by atoms with Gasteiger partial charge in [0, 0.05) is 18.1 Å². The molecule has 0 unspecified atom stereocenters. The molecule has 0 aliphatic carbocycles. The van der Waals surface area contributed by atoms with Gasteiger partial charge in [-0.05, 0) is 82.6 Å². The van der Waals surface area contributed by atoms with Gasteiger partial charge in [-0.3, -0.25) is 9.59 Å². The van der Waals surface area contributed by atoms with E-state index in [1.54, 1.807) is 23.1 Å². The van der Waals surface area contributed by atoms with E-state index in [4.69, 9.17) is 11.6 Å². The molecule has 0 saturated carbocycles. The Morgan fingerprint density at radius 2 is 1.80 bits per heavy atom. The van der Waals surface area contributed by atoms with Gasteiger partial charge in [-0.15, -0.1) is 5.10 Å². The second kappa shape index (κ2) is 11.6. The van der Waals surface area contributed by atoms with Crippen LogP contribution < -0.4 is 10.6 Å². The van der Waals surface area contributed by atoms with E-state index >= 15 is 0 Å². The maximum absolute atomic E-state index is 13.5. The Labute approximate surface area is 237 Å². The van der Waals surface area contributed by atoms with Crippen molar-refractivity contribution < 1.29 is 9.59 Å². The largest absolute Gasteiger partial charge is 0.350 e. The summed E-state index contributed by atoms with van der Waals surface area (Å²) in [6.45, 7) is 1.59. The number of piperidine rings is 1. The molecule has 4 aromatic rings. The minimum atomic E-state index is -0.476. The van der Waals surface area contributed by atoms with Gasteiger partial charge in [0.25, 0.3) is 0 Å². The predicted octanol–water partition coefficient (Wildman–Crippen LogP) is 3.74. The van der Waals surface area contributed by atoms with Gasteiger partial charge in [-0.2, -0.15) is 0 Å². The lowest BCUT2D eigenvalue weighted by Crippen LogP contribution is -2.62. The van der Waals surface area contributed by atoms with Crippen molar-refractivity contribution in [2.75, 3.05) is 13.1 Å². The van der Waals surface area contributed by atoms with Crippen molar-refractivity contribution >= 4 is 23.4 Å². The quantitative estimate of drug-likeness (QED) is 0.360. The van der Waals surface area contributed by atoms with Crippen LogP contribution in [0.15, 0.2) is 79.1 Å². The number of benzene rings is 3. The van der Waals surface area contributed by atoms with E-state index in [-0.39, 0.29) is 24.4 Å². The summed E-state index contributed by atoms with van der Waals surface area (Å²) >= 11 is 6.20. The number of likely N-dealkylation sites (tertiary alicyclic amines) is 1. The normalized spacial score (nSPS) is 20.5. The van der Waals surface area contributed by atoms with Crippen molar-refractivity contribution in [3.8, 4) is 16.8 Å². The highest BCUT2D eigenvalue weighted by molar-refractivity contribution is 6.30. The molecule has 9 nitrogen and oxygen atoms in total. The third kappa shape index (κ3) is 5.48. The van der Waals surface area contributed by atoms with Gasteiger partial charge >= 0.3 is 0 Å². The third-order valence-corrected chi connectivity index (χ3v) is 8.12. The Balaban J connectivity index is 1.07. The van der Waals surface area contributed by atoms with Crippen LogP contribution in [-0.4, -0.2) is 62.1 Å². The van der Waals surface area contributed by atoms with Crippen LogP contribution in [0.4, 0.5) is 0 Å². The van der Waals surface area contributed by atoms with Gasteiger partial charge in [0.1, 0.15) is 12.4 Å². The number of carbonyl (C=O) groups is 2. The fourth-order valence-electron chi connectivity index (χ4n) is 5.60. The van der Waals surface area contributed by atoms with Gasteiger partial charge in [-0.25, -0.2) is 4.68 Å². The lowest BCUT2D eigenvalue weighted by atomic mass is 9.84. The molecule has 10 heteroatoms. The molecule has 2 aliphatic rings. The van der Waals surface area contributed by atoms with Crippen molar-refractivity contribution in [1.82, 2.24) is 35.7 Å². The van der Waals surface area contributed by atoms with Crippen molar-refractivity contribution in [3.63, 3.8) is 0 Å². The van der Waals surface area contributed by atoms with Crippen LogP contribution in [0.2, 0.25) is 5.02 Å². The molecule has 2 aliphatic heterocycles. The summed E-state index contributed by atoms with van der Waals surface area (Å²) in [7, 11) is 0. The number of nitrogens with zero attached hydrogens (tertiary/aromatic N) is 5. The number of hydrogen-bond donors (Lipinski definition) is 2. The molecule has 6 rings (SSSR count). The van der Waals surface area contributed by atoms with Crippen LogP contribution in [0.3, 0.4) is 0 Å². The number of carbonyl (C=O) groups excluding carboxylic acids is 2. The molecule has 2 fully saturated rings. The van der Waals surface area contributed by atoms with E-state index in [9.17, 15) is 9.59 Å². The van der Waals surface area contributed by atoms with Gasteiger partial charge < -0.3 is 15.5 Å². The first-order chi connectivity index (χ1) is 19.6. The van der Waals surface area contributed by atoms with E-state index in [0.717, 1.165) is 24.2 Å². The van der Waals surface area contributed by atoms with E-state index in [2.05, 4.69) is 62.6 Å². The molecule has 2 N–H and O–H groups in total. The summed E-state index contributed by atoms with van der Waals surface area (Å²) in [4.78, 5) is 28.3. The number of hydrogen-bond acceptors (Lipinski definition) is 6. The maximum Gasteiger partial charge on any atom is 0.243 e. The summed E-state index contributed by atoms with van der Waals surface area (Å²) in [6, 6.07) is 23.5. The average molecular weight is 556 g/mol. The summed E-state index contributed by atoms with van der Waals surface area (Å²) < 4.78 is 1.53.